The van der Waals surface area contributed by atoms with Crippen LogP contribution in [0.2, 0.25) is 0 Å². The van der Waals surface area contributed by atoms with Gasteiger partial charge in [-0.15, -0.1) is 0 Å². The number of amides is 2. The fourth-order valence-corrected chi connectivity index (χ4v) is 2.13. The predicted molar refractivity (Wildman–Crippen MR) is 66.9 cm³/mol. The van der Waals surface area contributed by atoms with Gasteiger partial charge in [0.05, 0.1) is 0 Å². The van der Waals surface area contributed by atoms with Gasteiger partial charge in [0.1, 0.15) is 17.7 Å². The molecule has 1 unspecified atom stereocenters. The molecular formula is C13H16FN3O. The van der Waals surface area contributed by atoms with Gasteiger partial charge < -0.3 is 4.90 Å². The lowest BCUT2D eigenvalue weighted by Gasteiger charge is -2.24. The van der Waals surface area contributed by atoms with Gasteiger partial charge in [0.2, 0.25) is 0 Å². The summed E-state index contributed by atoms with van der Waals surface area (Å²) in [6, 6.07) is 5.25. The molecule has 1 atom stereocenters. The number of halogens is 1. The maximum atomic E-state index is 13.2. The van der Waals surface area contributed by atoms with Crippen molar-refractivity contribution in [1.82, 2.24) is 10.2 Å². The summed E-state index contributed by atoms with van der Waals surface area (Å²) < 4.78 is 13.2. The van der Waals surface area contributed by atoms with Crippen LogP contribution in [0, 0.1) is 17.1 Å². The number of nitrogens with zero attached hydrogens (tertiary/aromatic N) is 1. The minimum atomic E-state index is -0.504. The molecule has 0 aromatic heterocycles. The zero-order valence-corrected chi connectivity index (χ0v) is 10.4. The molecule has 1 fully saturated rings. The molecular weight excluding hydrogens is 233 g/mol. The van der Waals surface area contributed by atoms with Gasteiger partial charge in [-0.2, -0.15) is 0 Å². The van der Waals surface area contributed by atoms with Crippen LogP contribution in [0.3, 0.4) is 0 Å². The highest BCUT2D eigenvalue weighted by molar-refractivity contribution is 6.06. The Bertz CT molecular complexity index is 487. The second-order valence-electron chi connectivity index (χ2n) is 4.85. The average molecular weight is 249 g/mol. The van der Waals surface area contributed by atoms with E-state index in [1.165, 1.54) is 12.1 Å². The van der Waals surface area contributed by atoms with Gasteiger partial charge in [0, 0.05) is 6.54 Å². The molecule has 1 heterocycles. The van der Waals surface area contributed by atoms with Crippen molar-refractivity contribution >= 4 is 11.9 Å². The molecule has 0 bridgehead atoms. The molecule has 1 aliphatic heterocycles. The first-order chi connectivity index (χ1) is 8.49. The summed E-state index contributed by atoms with van der Waals surface area (Å²) in [5, 5.41) is 10.3. The molecule has 0 saturated carbocycles. The van der Waals surface area contributed by atoms with Crippen LogP contribution in [0.4, 0.5) is 9.18 Å². The second-order valence-corrected chi connectivity index (χ2v) is 4.85. The van der Waals surface area contributed by atoms with E-state index in [1.54, 1.807) is 17.0 Å². The number of hydrogen-bond donors (Lipinski definition) is 2. The summed E-state index contributed by atoms with van der Waals surface area (Å²) in [5.74, 6) is 0.0353. The third-order valence-corrected chi connectivity index (χ3v) is 2.81. The Labute approximate surface area is 105 Å². The number of amidine groups is 1. The Morgan fingerprint density at radius 2 is 2.22 bits per heavy atom. The summed E-state index contributed by atoms with van der Waals surface area (Å²) in [6.07, 6.45) is 0. The van der Waals surface area contributed by atoms with Crippen molar-refractivity contribution < 1.29 is 9.18 Å². The number of hydrogen-bond acceptors (Lipinski definition) is 2. The van der Waals surface area contributed by atoms with Gasteiger partial charge in [-0.05, 0) is 23.6 Å². The number of nitrogens with one attached hydrogen (secondary N) is 2. The number of carbonyl (C=O) groups is 1. The molecule has 0 spiro atoms. The van der Waals surface area contributed by atoms with Crippen LogP contribution in [0.25, 0.3) is 0 Å². The SMILES string of the molecule is CC(C)CN1C(=O)NC(=N)C1c1cccc(F)c1. The van der Waals surface area contributed by atoms with Gasteiger partial charge in [0.25, 0.3) is 0 Å². The molecule has 2 amide bonds. The van der Waals surface area contributed by atoms with E-state index in [0.717, 1.165) is 0 Å². The molecule has 1 saturated heterocycles. The van der Waals surface area contributed by atoms with E-state index in [4.69, 9.17) is 5.41 Å². The molecule has 1 aliphatic rings. The van der Waals surface area contributed by atoms with Crippen LogP contribution < -0.4 is 5.32 Å². The van der Waals surface area contributed by atoms with Gasteiger partial charge in [-0.3, -0.25) is 10.7 Å². The lowest BCUT2D eigenvalue weighted by Crippen LogP contribution is -2.33. The average Bonchev–Trinajstić information content (AvgIpc) is 2.53. The van der Waals surface area contributed by atoms with Gasteiger partial charge in [-0.25, -0.2) is 9.18 Å². The highest BCUT2D eigenvalue weighted by Gasteiger charge is 2.36. The Morgan fingerprint density at radius 3 is 2.83 bits per heavy atom. The molecule has 18 heavy (non-hydrogen) atoms. The molecule has 2 rings (SSSR count). The Balaban J connectivity index is 2.33. The van der Waals surface area contributed by atoms with E-state index in [0.29, 0.717) is 12.1 Å². The zero-order chi connectivity index (χ0) is 13.3. The third kappa shape index (κ3) is 2.34. The second kappa shape index (κ2) is 4.76. The molecule has 5 heteroatoms. The topological polar surface area (TPSA) is 56.2 Å². The zero-order valence-electron chi connectivity index (χ0n) is 10.4. The fraction of sp³-hybridized carbons (Fsp3) is 0.385. The van der Waals surface area contributed by atoms with Crippen LogP contribution in [0.5, 0.6) is 0 Å². The number of urea groups is 1. The lowest BCUT2D eigenvalue weighted by atomic mass is 10.0. The molecule has 4 nitrogen and oxygen atoms in total. The van der Waals surface area contributed by atoms with Crippen molar-refractivity contribution in [3.8, 4) is 0 Å². The monoisotopic (exact) mass is 249 g/mol. The van der Waals surface area contributed by atoms with Crippen molar-refractivity contribution in [2.45, 2.75) is 19.9 Å². The van der Waals surface area contributed by atoms with Crippen LogP contribution in [0.15, 0.2) is 24.3 Å². The predicted octanol–water partition coefficient (Wildman–Crippen LogP) is 2.53. The van der Waals surface area contributed by atoms with Gasteiger partial charge in [-0.1, -0.05) is 26.0 Å². The van der Waals surface area contributed by atoms with Crippen molar-refractivity contribution in [2.24, 2.45) is 5.92 Å². The van der Waals surface area contributed by atoms with Gasteiger partial charge >= 0.3 is 6.03 Å². The van der Waals surface area contributed by atoms with Crippen LogP contribution in [0.1, 0.15) is 25.5 Å². The number of benzene rings is 1. The minimum absolute atomic E-state index is 0.103. The maximum Gasteiger partial charge on any atom is 0.323 e. The summed E-state index contributed by atoms with van der Waals surface area (Å²) in [5.41, 5.74) is 0.624. The molecule has 1 aromatic rings. The van der Waals surface area contributed by atoms with E-state index in [1.807, 2.05) is 13.8 Å². The van der Waals surface area contributed by atoms with Crippen molar-refractivity contribution in [1.29, 1.82) is 5.41 Å². The highest BCUT2D eigenvalue weighted by Crippen LogP contribution is 2.27. The quantitative estimate of drug-likeness (QED) is 0.849. The summed E-state index contributed by atoms with van der Waals surface area (Å²) in [7, 11) is 0. The highest BCUT2D eigenvalue weighted by atomic mass is 19.1. The van der Waals surface area contributed by atoms with E-state index in [-0.39, 0.29) is 23.6 Å². The molecule has 1 aromatic carbocycles. The molecule has 0 radical (unpaired) electrons. The standard InChI is InChI=1S/C13H16FN3O/c1-8(2)7-17-11(12(15)16-13(17)18)9-4-3-5-10(14)6-9/h3-6,8,11H,7H2,1-2H3,(H2,15,16,18). The molecule has 96 valence electrons. The molecule has 0 aliphatic carbocycles. The first-order valence-corrected chi connectivity index (χ1v) is 5.90. The van der Waals surface area contributed by atoms with Crippen LogP contribution >= 0.6 is 0 Å². The Kier molecular flexibility index (Phi) is 3.32. The van der Waals surface area contributed by atoms with E-state index in [2.05, 4.69) is 5.32 Å². The first kappa shape index (κ1) is 12.5. The van der Waals surface area contributed by atoms with E-state index in [9.17, 15) is 9.18 Å². The van der Waals surface area contributed by atoms with Crippen molar-refractivity contribution in [3.05, 3.63) is 35.6 Å². The lowest BCUT2D eigenvalue weighted by molar-refractivity contribution is 0.198. The number of carbonyl (C=O) groups excluding carboxylic acids is 1. The normalized spacial score (nSPS) is 19.6. The van der Waals surface area contributed by atoms with Crippen LogP contribution in [-0.4, -0.2) is 23.3 Å². The Morgan fingerprint density at radius 1 is 1.50 bits per heavy atom. The Hall–Kier alpha value is -1.91. The summed E-state index contributed by atoms with van der Waals surface area (Å²) >= 11 is 0. The van der Waals surface area contributed by atoms with Crippen molar-refractivity contribution in [3.63, 3.8) is 0 Å². The third-order valence-electron chi connectivity index (χ3n) is 2.81. The maximum absolute atomic E-state index is 13.2. The summed E-state index contributed by atoms with van der Waals surface area (Å²) in [6.45, 7) is 4.53. The smallest absolute Gasteiger partial charge is 0.310 e. The fourth-order valence-electron chi connectivity index (χ4n) is 2.13. The van der Waals surface area contributed by atoms with Crippen molar-refractivity contribution in [2.75, 3.05) is 6.54 Å². The van der Waals surface area contributed by atoms with Crippen LogP contribution in [-0.2, 0) is 0 Å². The molecule has 2 N–H and O–H groups in total. The minimum Gasteiger partial charge on any atom is -0.310 e. The van der Waals surface area contributed by atoms with Gasteiger partial charge in [0.15, 0.2) is 0 Å². The summed E-state index contributed by atoms with van der Waals surface area (Å²) in [4.78, 5) is 13.3. The first-order valence-electron chi connectivity index (χ1n) is 5.90. The van der Waals surface area contributed by atoms with E-state index >= 15 is 0 Å². The number of rotatable bonds is 3. The van der Waals surface area contributed by atoms with E-state index < -0.39 is 6.04 Å². The largest absolute Gasteiger partial charge is 0.323 e.